The number of benzene rings is 1. The van der Waals surface area contributed by atoms with Crippen molar-refractivity contribution in [3.8, 4) is 11.5 Å². The lowest BCUT2D eigenvalue weighted by atomic mass is 9.77. The molecule has 2 fully saturated rings. The van der Waals surface area contributed by atoms with Gasteiger partial charge in [-0.3, -0.25) is 4.90 Å². The molecule has 1 aromatic carbocycles. The van der Waals surface area contributed by atoms with Gasteiger partial charge < -0.3 is 9.47 Å². The maximum atomic E-state index is 13.3. The maximum Gasteiger partial charge on any atom is 0.274 e. The van der Waals surface area contributed by atoms with Crippen molar-refractivity contribution in [1.82, 2.24) is 13.9 Å². The van der Waals surface area contributed by atoms with Crippen LogP contribution in [0.25, 0.3) is 0 Å². The van der Waals surface area contributed by atoms with Crippen molar-refractivity contribution in [2.24, 2.45) is 11.1 Å². The maximum absolute atomic E-state index is 13.3. The second-order valence-corrected chi connectivity index (χ2v) is 13.0. The number of ether oxygens (including phenoxy) is 2. The molecule has 1 aromatic rings. The lowest BCUT2D eigenvalue weighted by molar-refractivity contribution is 0.0218. The molecule has 0 aliphatic carbocycles. The standard InChI is InChI=1S/C23H38N4O6S2/c1-3-32-22-13-17-8-11-26-16-18-7-5-10-27(34(28,29)12-6-9-25-35(24,30)31)20(18)15-21(26)19(17)14-23(22)33-4-2/h13-14,18,20-21,25H,3-12,15-16H2,1-2H3,(H2,24,30,31)/t18-,20+,21-/m0/s1. The Morgan fingerprint density at radius 2 is 1.80 bits per heavy atom. The summed E-state index contributed by atoms with van der Waals surface area (Å²) in [5.74, 6) is 1.71. The highest BCUT2D eigenvalue weighted by Gasteiger charge is 2.46. The summed E-state index contributed by atoms with van der Waals surface area (Å²) in [5, 5.41) is 4.95. The number of hydrogen-bond donors (Lipinski definition) is 2. The van der Waals surface area contributed by atoms with Crippen molar-refractivity contribution < 1.29 is 26.3 Å². The van der Waals surface area contributed by atoms with E-state index in [0.29, 0.717) is 25.7 Å². The summed E-state index contributed by atoms with van der Waals surface area (Å²) < 4.78 is 64.3. The fraction of sp³-hybridized carbons (Fsp3) is 0.739. The van der Waals surface area contributed by atoms with E-state index >= 15 is 0 Å². The molecule has 35 heavy (non-hydrogen) atoms. The van der Waals surface area contributed by atoms with Crippen molar-refractivity contribution in [2.45, 2.75) is 58.0 Å². The van der Waals surface area contributed by atoms with E-state index in [1.165, 1.54) is 11.1 Å². The van der Waals surface area contributed by atoms with Crippen LogP contribution in [0.1, 0.15) is 56.7 Å². The van der Waals surface area contributed by atoms with Crippen LogP contribution in [0.5, 0.6) is 11.5 Å². The van der Waals surface area contributed by atoms with Crippen LogP contribution < -0.4 is 19.3 Å². The summed E-state index contributed by atoms with van der Waals surface area (Å²) in [7, 11) is -7.35. The predicted octanol–water partition coefficient (Wildman–Crippen LogP) is 1.38. The van der Waals surface area contributed by atoms with Crippen LogP contribution in [0.2, 0.25) is 0 Å². The highest BCUT2D eigenvalue weighted by atomic mass is 32.2. The molecule has 198 valence electrons. The zero-order valence-electron chi connectivity index (χ0n) is 20.6. The molecule has 0 radical (unpaired) electrons. The normalized spacial score (nSPS) is 25.4. The molecule has 2 saturated heterocycles. The van der Waals surface area contributed by atoms with Gasteiger partial charge in [0.2, 0.25) is 10.0 Å². The van der Waals surface area contributed by atoms with Crippen LogP contribution in [0.3, 0.4) is 0 Å². The number of fused-ring (bicyclic) bond motifs is 4. The number of nitrogens with one attached hydrogen (secondary N) is 1. The van der Waals surface area contributed by atoms with E-state index in [0.717, 1.165) is 50.3 Å². The largest absolute Gasteiger partial charge is 0.490 e. The van der Waals surface area contributed by atoms with Crippen LogP contribution in [0.4, 0.5) is 0 Å². The first-order valence-electron chi connectivity index (χ1n) is 12.6. The molecule has 4 rings (SSSR count). The van der Waals surface area contributed by atoms with Crippen LogP contribution in [-0.2, 0) is 26.7 Å². The Bertz CT molecular complexity index is 1110. The summed E-state index contributed by atoms with van der Waals surface area (Å²) in [6.45, 7) is 7.38. The van der Waals surface area contributed by atoms with Crippen molar-refractivity contribution >= 4 is 20.2 Å². The number of rotatable bonds is 10. The summed E-state index contributed by atoms with van der Waals surface area (Å²) in [6.07, 6.45) is 3.73. The highest BCUT2D eigenvalue weighted by molar-refractivity contribution is 7.89. The molecule has 0 bridgehead atoms. The van der Waals surface area contributed by atoms with Crippen molar-refractivity contribution in [2.75, 3.05) is 45.1 Å². The Morgan fingerprint density at radius 1 is 1.09 bits per heavy atom. The molecule has 0 spiro atoms. The summed E-state index contributed by atoms with van der Waals surface area (Å²) in [4.78, 5) is 2.51. The fourth-order valence-electron chi connectivity index (χ4n) is 5.88. The predicted molar refractivity (Wildman–Crippen MR) is 134 cm³/mol. The Morgan fingerprint density at radius 3 is 2.49 bits per heavy atom. The Labute approximate surface area is 209 Å². The second kappa shape index (κ2) is 10.9. The number of hydrogen-bond acceptors (Lipinski definition) is 7. The molecule has 10 nitrogen and oxygen atoms in total. The third-order valence-corrected chi connectivity index (χ3v) is 9.89. The van der Waals surface area contributed by atoms with Gasteiger partial charge in [-0.15, -0.1) is 0 Å². The molecule has 3 heterocycles. The van der Waals surface area contributed by atoms with Gasteiger partial charge in [-0.25, -0.2) is 18.3 Å². The first kappa shape index (κ1) is 26.6. The first-order chi connectivity index (χ1) is 16.6. The van der Waals surface area contributed by atoms with E-state index in [9.17, 15) is 16.8 Å². The van der Waals surface area contributed by atoms with E-state index < -0.39 is 20.2 Å². The zero-order chi connectivity index (χ0) is 25.2. The van der Waals surface area contributed by atoms with Crippen molar-refractivity contribution in [3.05, 3.63) is 23.3 Å². The second-order valence-electron chi connectivity index (χ2n) is 9.55. The summed E-state index contributed by atoms with van der Waals surface area (Å²) in [6, 6.07) is 4.27. The third-order valence-electron chi connectivity index (χ3n) is 7.31. The number of sulfonamides is 1. The van der Waals surface area contributed by atoms with E-state index in [4.69, 9.17) is 14.6 Å². The fourth-order valence-corrected chi connectivity index (χ4v) is 8.13. The molecule has 3 N–H and O–H groups in total. The minimum atomic E-state index is -3.83. The number of piperidine rings is 2. The molecule has 3 aliphatic heterocycles. The molecule has 3 atom stereocenters. The number of nitrogens with zero attached hydrogens (tertiary/aromatic N) is 2. The molecule has 0 aromatic heterocycles. The van der Waals surface area contributed by atoms with Gasteiger partial charge in [0.15, 0.2) is 11.5 Å². The first-order valence-corrected chi connectivity index (χ1v) is 15.7. The Hall–Kier alpha value is -1.44. The van der Waals surface area contributed by atoms with Gasteiger partial charge in [0.1, 0.15) is 0 Å². The molecular weight excluding hydrogens is 492 g/mol. The van der Waals surface area contributed by atoms with Gasteiger partial charge >= 0.3 is 0 Å². The lowest BCUT2D eigenvalue weighted by Crippen LogP contribution is -2.57. The molecule has 0 amide bonds. The molecular formula is C23H38N4O6S2. The summed E-state index contributed by atoms with van der Waals surface area (Å²) in [5.41, 5.74) is 2.46. The van der Waals surface area contributed by atoms with Gasteiger partial charge in [-0.2, -0.15) is 12.7 Å². The average molecular weight is 531 g/mol. The quantitative estimate of drug-likeness (QED) is 0.437. The molecule has 0 unspecified atom stereocenters. The Kier molecular flexibility index (Phi) is 8.29. The molecule has 12 heteroatoms. The minimum absolute atomic E-state index is 0.00610. The highest BCUT2D eigenvalue weighted by Crippen LogP contribution is 2.46. The summed E-state index contributed by atoms with van der Waals surface area (Å²) >= 11 is 0. The van der Waals surface area contributed by atoms with E-state index in [1.807, 2.05) is 13.8 Å². The Balaban J connectivity index is 1.55. The van der Waals surface area contributed by atoms with Crippen LogP contribution >= 0.6 is 0 Å². The van der Waals surface area contributed by atoms with Gasteiger partial charge in [0, 0.05) is 38.3 Å². The minimum Gasteiger partial charge on any atom is -0.490 e. The third kappa shape index (κ3) is 6.11. The molecule has 0 saturated carbocycles. The van der Waals surface area contributed by atoms with Crippen molar-refractivity contribution in [1.29, 1.82) is 0 Å². The van der Waals surface area contributed by atoms with Gasteiger partial charge in [0.05, 0.1) is 19.0 Å². The molecule has 3 aliphatic rings. The monoisotopic (exact) mass is 530 g/mol. The van der Waals surface area contributed by atoms with Crippen molar-refractivity contribution in [3.63, 3.8) is 0 Å². The topological polar surface area (TPSA) is 131 Å². The average Bonchev–Trinajstić information content (AvgIpc) is 2.80. The number of nitrogens with two attached hydrogens (primary N) is 1. The zero-order valence-corrected chi connectivity index (χ0v) is 22.2. The van der Waals surface area contributed by atoms with Crippen LogP contribution in [-0.4, -0.2) is 77.2 Å². The van der Waals surface area contributed by atoms with Gasteiger partial charge in [-0.05, 0) is 75.1 Å². The van der Waals surface area contributed by atoms with E-state index in [1.54, 1.807) is 4.31 Å². The van der Waals surface area contributed by atoms with E-state index in [-0.39, 0.29) is 30.8 Å². The van der Waals surface area contributed by atoms with Crippen LogP contribution in [0.15, 0.2) is 12.1 Å². The smallest absolute Gasteiger partial charge is 0.274 e. The van der Waals surface area contributed by atoms with Gasteiger partial charge in [-0.1, -0.05) is 0 Å². The van der Waals surface area contributed by atoms with E-state index in [2.05, 4.69) is 21.8 Å². The van der Waals surface area contributed by atoms with Gasteiger partial charge in [0.25, 0.3) is 10.2 Å². The SMILES string of the molecule is CCOc1cc2c(cc1OCC)[C@@H]1C[C@@H]3[C@@H](CCCN3S(=O)(=O)CCCNS(N)(=O)=O)CN1CC2. The lowest BCUT2D eigenvalue weighted by Gasteiger charge is -2.51. The van der Waals surface area contributed by atoms with Crippen LogP contribution in [0, 0.1) is 5.92 Å².